The highest BCUT2D eigenvalue weighted by atomic mass is 16.4. The van der Waals surface area contributed by atoms with E-state index in [1.165, 1.54) is 0 Å². The molecule has 0 aliphatic heterocycles. The van der Waals surface area contributed by atoms with Gasteiger partial charge in [0.2, 0.25) is 0 Å². The molecular weight excluding hydrogens is 204 g/mol. The van der Waals surface area contributed by atoms with Gasteiger partial charge in [-0.05, 0) is 25.0 Å². The molecule has 1 aromatic heterocycles. The van der Waals surface area contributed by atoms with Crippen molar-refractivity contribution >= 4 is 17.0 Å². The monoisotopic (exact) mass is 214 g/mol. The van der Waals surface area contributed by atoms with Crippen LogP contribution in [0.25, 0.3) is 11.0 Å². The van der Waals surface area contributed by atoms with Crippen LogP contribution in [0.3, 0.4) is 0 Å². The Labute approximate surface area is 92.0 Å². The summed E-state index contributed by atoms with van der Waals surface area (Å²) in [5, 5.41) is 9.10. The standard InChI is InChI=1S/C12H10N2O2/c15-12(16)11-10(7-5-6-7)13-8-3-1-2-4-9(8)14-11/h1-4,7H,5-6H2,(H,15,16). The SMILES string of the molecule is O=C(O)c1nc2ccccc2nc1C1CC1. The van der Waals surface area contributed by atoms with Crippen LogP contribution in [0.15, 0.2) is 24.3 Å². The average molecular weight is 214 g/mol. The van der Waals surface area contributed by atoms with E-state index in [0.717, 1.165) is 18.4 Å². The highest BCUT2D eigenvalue weighted by Crippen LogP contribution is 2.40. The van der Waals surface area contributed by atoms with Gasteiger partial charge in [-0.3, -0.25) is 0 Å². The van der Waals surface area contributed by atoms with Gasteiger partial charge in [-0.1, -0.05) is 12.1 Å². The van der Waals surface area contributed by atoms with E-state index in [1.807, 2.05) is 18.2 Å². The van der Waals surface area contributed by atoms with Crippen molar-refractivity contribution < 1.29 is 9.90 Å². The van der Waals surface area contributed by atoms with Gasteiger partial charge >= 0.3 is 5.97 Å². The number of rotatable bonds is 2. The van der Waals surface area contributed by atoms with Crippen molar-refractivity contribution in [3.8, 4) is 0 Å². The number of carboxylic acid groups (broad SMARTS) is 1. The van der Waals surface area contributed by atoms with Gasteiger partial charge in [0.05, 0.1) is 16.7 Å². The quantitative estimate of drug-likeness (QED) is 0.832. The molecule has 16 heavy (non-hydrogen) atoms. The zero-order valence-corrected chi connectivity index (χ0v) is 8.55. The van der Waals surface area contributed by atoms with Crippen LogP contribution in [-0.4, -0.2) is 21.0 Å². The first kappa shape index (κ1) is 9.27. The summed E-state index contributed by atoms with van der Waals surface area (Å²) in [6.07, 6.45) is 2.04. The van der Waals surface area contributed by atoms with Gasteiger partial charge in [-0.15, -0.1) is 0 Å². The number of aromatic carboxylic acids is 1. The summed E-state index contributed by atoms with van der Waals surface area (Å²) in [6, 6.07) is 7.36. The maximum absolute atomic E-state index is 11.1. The summed E-state index contributed by atoms with van der Waals surface area (Å²) in [5.74, 6) is -0.691. The fraction of sp³-hybridized carbons (Fsp3) is 0.250. The Bertz CT molecular complexity index is 576. The van der Waals surface area contributed by atoms with E-state index in [9.17, 15) is 4.79 Å². The lowest BCUT2D eigenvalue weighted by Gasteiger charge is -2.04. The molecule has 0 atom stereocenters. The van der Waals surface area contributed by atoms with Crippen molar-refractivity contribution in [2.24, 2.45) is 0 Å². The number of hydrogen-bond acceptors (Lipinski definition) is 3. The van der Waals surface area contributed by atoms with Crippen LogP contribution in [0.5, 0.6) is 0 Å². The molecule has 1 N–H and O–H groups in total. The second kappa shape index (κ2) is 3.27. The molecule has 0 unspecified atom stereocenters. The Morgan fingerprint density at radius 1 is 1.19 bits per heavy atom. The van der Waals surface area contributed by atoms with E-state index in [-0.39, 0.29) is 5.69 Å². The van der Waals surface area contributed by atoms with Crippen molar-refractivity contribution in [3.05, 3.63) is 35.7 Å². The molecule has 80 valence electrons. The maximum atomic E-state index is 11.1. The second-order valence-electron chi connectivity index (χ2n) is 4.03. The molecule has 1 aliphatic rings. The molecule has 4 heteroatoms. The number of hydrogen-bond donors (Lipinski definition) is 1. The van der Waals surface area contributed by atoms with E-state index in [1.54, 1.807) is 6.07 Å². The summed E-state index contributed by atoms with van der Waals surface area (Å²) < 4.78 is 0. The number of fused-ring (bicyclic) bond motifs is 1. The molecule has 1 saturated carbocycles. The Hall–Kier alpha value is -1.97. The highest BCUT2D eigenvalue weighted by Gasteiger charge is 2.31. The van der Waals surface area contributed by atoms with E-state index in [0.29, 0.717) is 17.1 Å². The van der Waals surface area contributed by atoms with E-state index >= 15 is 0 Å². The number of aromatic nitrogens is 2. The second-order valence-corrected chi connectivity index (χ2v) is 4.03. The fourth-order valence-electron chi connectivity index (χ4n) is 1.81. The number of carboxylic acids is 1. The smallest absolute Gasteiger partial charge is 0.356 e. The third-order valence-electron chi connectivity index (χ3n) is 2.76. The molecule has 4 nitrogen and oxygen atoms in total. The summed E-state index contributed by atoms with van der Waals surface area (Å²) in [5.41, 5.74) is 2.17. The van der Waals surface area contributed by atoms with Crippen LogP contribution < -0.4 is 0 Å². The molecule has 0 spiro atoms. The normalized spacial score (nSPS) is 15.2. The van der Waals surface area contributed by atoms with Gasteiger partial charge in [-0.2, -0.15) is 0 Å². The Balaban J connectivity index is 2.28. The number of nitrogens with zero attached hydrogens (tertiary/aromatic N) is 2. The minimum absolute atomic E-state index is 0.112. The van der Waals surface area contributed by atoms with E-state index in [2.05, 4.69) is 9.97 Å². The molecule has 1 aliphatic carbocycles. The molecule has 0 saturated heterocycles. The molecule has 0 bridgehead atoms. The average Bonchev–Trinajstić information content (AvgIpc) is 3.11. The number of carbonyl (C=O) groups is 1. The minimum Gasteiger partial charge on any atom is -0.476 e. The van der Waals surface area contributed by atoms with E-state index in [4.69, 9.17) is 5.11 Å². The minimum atomic E-state index is -0.986. The largest absolute Gasteiger partial charge is 0.476 e. The van der Waals surface area contributed by atoms with Gasteiger partial charge in [-0.25, -0.2) is 14.8 Å². The first-order valence-corrected chi connectivity index (χ1v) is 5.25. The third-order valence-corrected chi connectivity index (χ3v) is 2.76. The topological polar surface area (TPSA) is 63.1 Å². The van der Waals surface area contributed by atoms with Crippen LogP contribution >= 0.6 is 0 Å². The zero-order valence-electron chi connectivity index (χ0n) is 8.55. The molecule has 1 heterocycles. The van der Waals surface area contributed by atoms with E-state index < -0.39 is 5.97 Å². The fourth-order valence-corrected chi connectivity index (χ4v) is 1.81. The first-order chi connectivity index (χ1) is 7.75. The summed E-state index contributed by atoms with van der Waals surface area (Å²) in [7, 11) is 0. The summed E-state index contributed by atoms with van der Waals surface area (Å²) in [4.78, 5) is 19.7. The molecule has 1 aromatic carbocycles. The Kier molecular flexibility index (Phi) is 1.89. The van der Waals surface area contributed by atoms with Gasteiger partial charge in [0.1, 0.15) is 0 Å². The van der Waals surface area contributed by atoms with Crippen molar-refractivity contribution in [2.45, 2.75) is 18.8 Å². The lowest BCUT2D eigenvalue weighted by Crippen LogP contribution is -2.07. The summed E-state index contributed by atoms with van der Waals surface area (Å²) in [6.45, 7) is 0. The lowest BCUT2D eigenvalue weighted by molar-refractivity contribution is 0.0689. The molecule has 0 radical (unpaired) electrons. The van der Waals surface area contributed by atoms with Gasteiger partial charge < -0.3 is 5.11 Å². The predicted molar refractivity (Wildman–Crippen MR) is 58.5 cm³/mol. The van der Waals surface area contributed by atoms with Crippen LogP contribution in [0.1, 0.15) is 34.9 Å². The van der Waals surface area contributed by atoms with Crippen molar-refractivity contribution in [3.63, 3.8) is 0 Å². The van der Waals surface area contributed by atoms with Crippen molar-refractivity contribution in [1.29, 1.82) is 0 Å². The molecule has 2 aromatic rings. The molecular formula is C12H10N2O2. The zero-order chi connectivity index (χ0) is 11.1. The number of benzene rings is 1. The van der Waals surface area contributed by atoms with Crippen LogP contribution in [0.4, 0.5) is 0 Å². The molecule has 0 amide bonds. The predicted octanol–water partition coefficient (Wildman–Crippen LogP) is 2.21. The van der Waals surface area contributed by atoms with Crippen LogP contribution in [-0.2, 0) is 0 Å². The highest BCUT2D eigenvalue weighted by molar-refractivity contribution is 5.90. The maximum Gasteiger partial charge on any atom is 0.356 e. The number of para-hydroxylation sites is 2. The first-order valence-electron chi connectivity index (χ1n) is 5.25. The third kappa shape index (κ3) is 1.43. The Morgan fingerprint density at radius 3 is 2.38 bits per heavy atom. The van der Waals surface area contributed by atoms with Gasteiger partial charge in [0.25, 0.3) is 0 Å². The van der Waals surface area contributed by atoms with Gasteiger partial charge in [0.15, 0.2) is 5.69 Å². The molecule has 1 fully saturated rings. The summed E-state index contributed by atoms with van der Waals surface area (Å²) >= 11 is 0. The Morgan fingerprint density at radius 2 is 1.81 bits per heavy atom. The van der Waals surface area contributed by atoms with Gasteiger partial charge in [0, 0.05) is 5.92 Å². The van der Waals surface area contributed by atoms with Crippen LogP contribution in [0.2, 0.25) is 0 Å². The van der Waals surface area contributed by atoms with Crippen LogP contribution in [0, 0.1) is 0 Å². The van der Waals surface area contributed by atoms with Crippen molar-refractivity contribution in [1.82, 2.24) is 9.97 Å². The lowest BCUT2D eigenvalue weighted by atomic mass is 10.2. The van der Waals surface area contributed by atoms with Crippen molar-refractivity contribution in [2.75, 3.05) is 0 Å². The molecule has 3 rings (SSSR count).